The molecule has 0 saturated heterocycles. The lowest BCUT2D eigenvalue weighted by Crippen LogP contribution is -2.51. The second-order valence-electron chi connectivity index (χ2n) is 10.00. The minimum Gasteiger partial charge on any atom is -0.464 e. The Hall–Kier alpha value is -4.18. The highest BCUT2D eigenvalue weighted by Crippen LogP contribution is 2.30. The van der Waals surface area contributed by atoms with E-state index in [1.807, 2.05) is 73.7 Å². The van der Waals surface area contributed by atoms with E-state index in [2.05, 4.69) is 10.6 Å². The molecule has 0 aromatic heterocycles. The fraction of sp³-hybridized carbons (Fsp3) is 0.353. The lowest BCUT2D eigenvalue weighted by Gasteiger charge is -2.24. The van der Waals surface area contributed by atoms with Gasteiger partial charge in [-0.15, -0.1) is 0 Å². The van der Waals surface area contributed by atoms with Gasteiger partial charge < -0.3 is 34.7 Å². The molecule has 3 N–H and O–H groups in total. The summed E-state index contributed by atoms with van der Waals surface area (Å²) in [5, 5.41) is 16.9. The van der Waals surface area contributed by atoms with Crippen LogP contribution in [0.4, 0.5) is 0 Å². The summed E-state index contributed by atoms with van der Waals surface area (Å²) >= 11 is 0. The van der Waals surface area contributed by atoms with Crippen LogP contribution in [0.25, 0.3) is 6.08 Å². The van der Waals surface area contributed by atoms with Gasteiger partial charge in [0.25, 0.3) is 5.91 Å². The molecule has 0 radical (unpaired) electrons. The van der Waals surface area contributed by atoms with Crippen molar-refractivity contribution in [3.05, 3.63) is 101 Å². The number of nitrogens with one attached hydrogen (secondary N) is 2. The maximum absolute atomic E-state index is 13.7. The van der Waals surface area contributed by atoms with Crippen LogP contribution in [-0.4, -0.2) is 56.9 Å². The summed E-state index contributed by atoms with van der Waals surface area (Å²) in [5.74, 6) is -0.00218. The summed E-state index contributed by atoms with van der Waals surface area (Å²) in [7, 11) is 3.05. The molecule has 3 rings (SSSR count). The van der Waals surface area contributed by atoms with E-state index in [4.69, 9.17) is 18.9 Å². The molecule has 43 heavy (non-hydrogen) atoms. The van der Waals surface area contributed by atoms with Gasteiger partial charge in [0, 0.05) is 26.3 Å². The molecule has 0 aliphatic heterocycles. The van der Waals surface area contributed by atoms with Crippen molar-refractivity contribution < 1.29 is 33.6 Å². The second-order valence-corrected chi connectivity index (χ2v) is 10.00. The van der Waals surface area contributed by atoms with Crippen molar-refractivity contribution in [1.29, 1.82) is 0 Å². The molecule has 9 nitrogen and oxygen atoms in total. The summed E-state index contributed by atoms with van der Waals surface area (Å²) in [6.07, 6.45) is 2.76. The Labute approximate surface area is 253 Å². The third-order valence-corrected chi connectivity index (χ3v) is 6.64. The maximum atomic E-state index is 13.7. The van der Waals surface area contributed by atoms with Crippen LogP contribution in [0.3, 0.4) is 0 Å². The van der Waals surface area contributed by atoms with E-state index in [-0.39, 0.29) is 32.5 Å². The first-order valence-electron chi connectivity index (χ1n) is 14.4. The molecule has 0 saturated carbocycles. The number of benzene rings is 3. The summed E-state index contributed by atoms with van der Waals surface area (Å²) in [4.78, 5) is 26.7. The SMILES string of the molecule is CCCC/C(=C\c1ccc(OCOC)c(OCOC)c1)C(=O)N[C@@H](Cc1ccccc1)C(O)C(=O)NCc1ccccc1. The average Bonchev–Trinajstić information content (AvgIpc) is 3.04. The Kier molecular flexibility index (Phi) is 14.2. The molecule has 0 aliphatic carbocycles. The van der Waals surface area contributed by atoms with E-state index in [9.17, 15) is 14.7 Å². The molecule has 3 aromatic carbocycles. The summed E-state index contributed by atoms with van der Waals surface area (Å²) < 4.78 is 21.3. The zero-order chi connectivity index (χ0) is 30.9. The number of methoxy groups -OCH3 is 2. The van der Waals surface area contributed by atoms with E-state index in [0.29, 0.717) is 23.5 Å². The van der Waals surface area contributed by atoms with Crippen LogP contribution < -0.4 is 20.1 Å². The highest BCUT2D eigenvalue weighted by atomic mass is 16.7. The lowest BCUT2D eigenvalue weighted by atomic mass is 9.98. The highest BCUT2D eigenvalue weighted by Gasteiger charge is 2.28. The largest absolute Gasteiger partial charge is 0.464 e. The van der Waals surface area contributed by atoms with Gasteiger partial charge in [-0.3, -0.25) is 9.59 Å². The third kappa shape index (κ3) is 11.2. The van der Waals surface area contributed by atoms with Crippen molar-refractivity contribution in [3.63, 3.8) is 0 Å². The number of hydrogen-bond donors (Lipinski definition) is 3. The first-order valence-corrected chi connectivity index (χ1v) is 14.4. The minimum absolute atomic E-state index is 0.0189. The fourth-order valence-corrected chi connectivity index (χ4v) is 4.35. The van der Waals surface area contributed by atoms with Crippen molar-refractivity contribution >= 4 is 17.9 Å². The van der Waals surface area contributed by atoms with Crippen LogP contribution in [0.2, 0.25) is 0 Å². The standard InChI is InChI=1S/C34H42N2O7/c1-4-5-16-28(19-27-17-18-30(42-23-40-2)31(21-27)43-24-41-3)33(38)36-29(20-25-12-8-6-9-13-25)32(37)34(39)35-22-26-14-10-7-11-15-26/h6-15,17-19,21,29,32,37H,4-5,16,20,22-24H2,1-3H3,(H,35,39)(H,36,38)/b28-19+/t29-,32?/m0/s1. The Morgan fingerprint density at radius 3 is 2.12 bits per heavy atom. The smallest absolute Gasteiger partial charge is 0.251 e. The summed E-state index contributed by atoms with van der Waals surface area (Å²) in [6.45, 7) is 2.38. The van der Waals surface area contributed by atoms with E-state index in [0.717, 1.165) is 29.5 Å². The number of aliphatic hydroxyl groups excluding tert-OH is 1. The molecule has 2 amide bonds. The van der Waals surface area contributed by atoms with Crippen LogP contribution >= 0.6 is 0 Å². The molecule has 0 bridgehead atoms. The third-order valence-electron chi connectivity index (χ3n) is 6.64. The van der Waals surface area contributed by atoms with Gasteiger partial charge in [0.2, 0.25) is 5.91 Å². The Morgan fingerprint density at radius 2 is 1.49 bits per heavy atom. The van der Waals surface area contributed by atoms with Crippen LogP contribution in [0.15, 0.2) is 84.4 Å². The number of aliphatic hydroxyl groups is 1. The topological polar surface area (TPSA) is 115 Å². The number of carbonyl (C=O) groups is 2. The number of ether oxygens (including phenoxy) is 4. The Bertz CT molecular complexity index is 1300. The lowest BCUT2D eigenvalue weighted by molar-refractivity contribution is -0.131. The Balaban J connectivity index is 1.84. The zero-order valence-electron chi connectivity index (χ0n) is 25.1. The van der Waals surface area contributed by atoms with Crippen molar-refractivity contribution in [1.82, 2.24) is 10.6 Å². The molecule has 1 unspecified atom stereocenters. The predicted octanol–water partition coefficient (Wildman–Crippen LogP) is 4.63. The van der Waals surface area contributed by atoms with Gasteiger partial charge in [-0.05, 0) is 54.2 Å². The summed E-state index contributed by atoms with van der Waals surface area (Å²) in [5.41, 5.74) is 3.02. The van der Waals surface area contributed by atoms with Gasteiger partial charge in [0.15, 0.2) is 31.2 Å². The zero-order valence-corrected chi connectivity index (χ0v) is 25.1. The fourth-order valence-electron chi connectivity index (χ4n) is 4.35. The molecule has 0 fully saturated rings. The van der Waals surface area contributed by atoms with E-state index >= 15 is 0 Å². The highest BCUT2D eigenvalue weighted by molar-refractivity contribution is 5.98. The number of rotatable bonds is 18. The quantitative estimate of drug-likeness (QED) is 0.146. The number of hydrogen-bond acceptors (Lipinski definition) is 7. The first-order chi connectivity index (χ1) is 20.9. The van der Waals surface area contributed by atoms with Gasteiger partial charge in [-0.2, -0.15) is 0 Å². The van der Waals surface area contributed by atoms with Gasteiger partial charge in [-0.1, -0.05) is 80.1 Å². The van der Waals surface area contributed by atoms with E-state index in [1.54, 1.807) is 18.2 Å². The van der Waals surface area contributed by atoms with Gasteiger partial charge in [0.1, 0.15) is 0 Å². The monoisotopic (exact) mass is 590 g/mol. The molecule has 2 atom stereocenters. The Morgan fingerprint density at radius 1 is 0.860 bits per heavy atom. The van der Waals surface area contributed by atoms with Crippen molar-refractivity contribution in [2.45, 2.75) is 51.3 Å². The van der Waals surface area contributed by atoms with Crippen molar-refractivity contribution in [2.75, 3.05) is 27.8 Å². The van der Waals surface area contributed by atoms with Crippen LogP contribution in [0.1, 0.15) is 42.9 Å². The van der Waals surface area contributed by atoms with Crippen molar-refractivity contribution in [3.8, 4) is 11.5 Å². The normalized spacial score (nSPS) is 12.7. The van der Waals surface area contributed by atoms with Crippen molar-refractivity contribution in [2.24, 2.45) is 0 Å². The maximum Gasteiger partial charge on any atom is 0.251 e. The van der Waals surface area contributed by atoms with Crippen LogP contribution in [0.5, 0.6) is 11.5 Å². The predicted molar refractivity (Wildman–Crippen MR) is 165 cm³/mol. The van der Waals surface area contributed by atoms with Gasteiger partial charge in [0.05, 0.1) is 6.04 Å². The summed E-state index contributed by atoms with van der Waals surface area (Å²) in [6, 6.07) is 23.4. The first kappa shape index (κ1) is 33.3. The minimum atomic E-state index is -1.47. The molecule has 3 aromatic rings. The molecule has 230 valence electrons. The molecule has 0 heterocycles. The molecule has 0 spiro atoms. The van der Waals surface area contributed by atoms with Gasteiger partial charge in [-0.25, -0.2) is 0 Å². The van der Waals surface area contributed by atoms with Gasteiger partial charge >= 0.3 is 0 Å². The number of unbranched alkanes of at least 4 members (excludes halogenated alkanes) is 1. The van der Waals surface area contributed by atoms with E-state index in [1.165, 1.54) is 14.2 Å². The molecular weight excluding hydrogens is 548 g/mol. The van der Waals surface area contributed by atoms with Crippen LogP contribution in [-0.2, 0) is 32.0 Å². The molecular formula is C34H42N2O7. The second kappa shape index (κ2) is 18.4. The number of carbonyl (C=O) groups excluding carboxylic acids is 2. The molecule has 9 heteroatoms. The number of amides is 2. The average molecular weight is 591 g/mol. The molecule has 0 aliphatic rings. The van der Waals surface area contributed by atoms with Crippen LogP contribution in [0, 0.1) is 0 Å². The van der Waals surface area contributed by atoms with E-state index < -0.39 is 18.1 Å².